The van der Waals surface area contributed by atoms with E-state index in [-0.39, 0.29) is 0 Å². The molecule has 1 N–H and O–H groups in total. The molecule has 0 atom stereocenters. The lowest BCUT2D eigenvalue weighted by atomic mass is 10.0. The van der Waals surface area contributed by atoms with E-state index in [4.69, 9.17) is 6.42 Å². The molecule has 0 aliphatic heterocycles. The van der Waals surface area contributed by atoms with Crippen LogP contribution in [0.4, 0.5) is 5.69 Å². The molecule has 0 bridgehead atoms. The molecule has 0 saturated heterocycles. The van der Waals surface area contributed by atoms with E-state index in [1.54, 1.807) is 0 Å². The molecule has 0 unspecified atom stereocenters. The number of benzene rings is 2. The van der Waals surface area contributed by atoms with Gasteiger partial charge in [0.25, 0.3) is 0 Å². The van der Waals surface area contributed by atoms with E-state index < -0.39 is 0 Å². The second kappa shape index (κ2) is 7.40. The van der Waals surface area contributed by atoms with Crippen LogP contribution in [0.25, 0.3) is 11.1 Å². The Bertz CT molecular complexity index is 575. The molecule has 0 aliphatic rings. The van der Waals surface area contributed by atoms with Crippen molar-refractivity contribution >= 4 is 5.69 Å². The lowest BCUT2D eigenvalue weighted by Crippen LogP contribution is -2.00. The van der Waals surface area contributed by atoms with Crippen molar-refractivity contribution in [2.24, 2.45) is 0 Å². The van der Waals surface area contributed by atoms with Crippen LogP contribution in [0.5, 0.6) is 0 Å². The Morgan fingerprint density at radius 1 is 1.00 bits per heavy atom. The zero-order valence-electron chi connectivity index (χ0n) is 12.0. The highest BCUT2D eigenvalue weighted by Crippen LogP contribution is 2.22. The van der Waals surface area contributed by atoms with E-state index in [1.807, 2.05) is 18.2 Å². The van der Waals surface area contributed by atoms with Crippen LogP contribution in [0.3, 0.4) is 0 Å². The number of terminal acetylenes is 1. The van der Waals surface area contributed by atoms with Crippen molar-refractivity contribution in [2.45, 2.75) is 26.2 Å². The number of hydrogen-bond donors (Lipinski definition) is 1. The van der Waals surface area contributed by atoms with Crippen LogP contribution in [-0.4, -0.2) is 6.54 Å². The first-order chi connectivity index (χ1) is 9.83. The van der Waals surface area contributed by atoms with Crippen molar-refractivity contribution in [3.63, 3.8) is 0 Å². The van der Waals surface area contributed by atoms with Gasteiger partial charge in [0.05, 0.1) is 0 Å². The number of rotatable bonds is 6. The van der Waals surface area contributed by atoms with Crippen LogP contribution in [-0.2, 0) is 0 Å². The summed E-state index contributed by atoms with van der Waals surface area (Å²) in [4.78, 5) is 0. The number of anilines is 1. The van der Waals surface area contributed by atoms with Crippen molar-refractivity contribution in [1.82, 2.24) is 0 Å². The summed E-state index contributed by atoms with van der Waals surface area (Å²) in [5.74, 6) is 2.68. The van der Waals surface area contributed by atoms with E-state index in [2.05, 4.69) is 48.5 Å². The molecule has 1 heteroatoms. The molecule has 0 saturated carbocycles. The summed E-state index contributed by atoms with van der Waals surface area (Å²) in [6, 6.07) is 16.6. The van der Waals surface area contributed by atoms with Crippen LogP contribution in [0, 0.1) is 12.3 Å². The van der Waals surface area contributed by atoms with Crippen LogP contribution in [0.2, 0.25) is 0 Å². The van der Waals surface area contributed by atoms with Crippen molar-refractivity contribution in [3.8, 4) is 23.5 Å². The molecule has 0 heterocycles. The third-order valence-corrected chi connectivity index (χ3v) is 3.36. The minimum absolute atomic E-state index is 0.921. The fourth-order valence-electron chi connectivity index (χ4n) is 2.18. The van der Waals surface area contributed by atoms with E-state index in [0.717, 1.165) is 17.7 Å². The largest absolute Gasteiger partial charge is 0.385 e. The first kappa shape index (κ1) is 14.2. The van der Waals surface area contributed by atoms with Gasteiger partial charge >= 0.3 is 0 Å². The fraction of sp³-hybridized carbons (Fsp3) is 0.263. The van der Waals surface area contributed by atoms with Gasteiger partial charge in [-0.2, -0.15) is 0 Å². The van der Waals surface area contributed by atoms with Gasteiger partial charge in [0, 0.05) is 17.8 Å². The van der Waals surface area contributed by atoms with Crippen molar-refractivity contribution < 1.29 is 0 Å². The average molecular weight is 263 g/mol. The van der Waals surface area contributed by atoms with Crippen LogP contribution in [0.15, 0.2) is 48.5 Å². The predicted octanol–water partition coefficient (Wildman–Crippen LogP) is 4.94. The molecule has 1 nitrogen and oxygen atoms in total. The van der Waals surface area contributed by atoms with Gasteiger partial charge in [-0.3, -0.25) is 0 Å². The average Bonchev–Trinajstić information content (AvgIpc) is 2.52. The highest BCUT2D eigenvalue weighted by Gasteiger charge is 1.99. The van der Waals surface area contributed by atoms with Gasteiger partial charge in [0.15, 0.2) is 0 Å². The van der Waals surface area contributed by atoms with Crippen LogP contribution < -0.4 is 5.32 Å². The molecule has 0 spiro atoms. The molecule has 2 rings (SSSR count). The van der Waals surface area contributed by atoms with E-state index in [0.29, 0.717) is 0 Å². The Labute approximate surface area is 122 Å². The monoisotopic (exact) mass is 263 g/mol. The van der Waals surface area contributed by atoms with Gasteiger partial charge in [0.1, 0.15) is 0 Å². The van der Waals surface area contributed by atoms with Gasteiger partial charge in [0.2, 0.25) is 0 Å². The maximum atomic E-state index is 5.44. The summed E-state index contributed by atoms with van der Waals surface area (Å²) in [7, 11) is 0. The molecular weight excluding hydrogens is 242 g/mol. The van der Waals surface area contributed by atoms with E-state index in [9.17, 15) is 0 Å². The SMILES string of the molecule is C#Cc1cccc(-c2ccc(NCCCCC)cc2)c1. The lowest BCUT2D eigenvalue weighted by Gasteiger charge is -2.07. The Kier molecular flexibility index (Phi) is 5.26. The third kappa shape index (κ3) is 3.90. The lowest BCUT2D eigenvalue weighted by molar-refractivity contribution is 0.744. The molecule has 0 aliphatic carbocycles. The minimum Gasteiger partial charge on any atom is -0.385 e. The van der Waals surface area contributed by atoms with Crippen LogP contribution in [0.1, 0.15) is 31.7 Å². The van der Waals surface area contributed by atoms with Gasteiger partial charge in [-0.15, -0.1) is 6.42 Å². The molecular formula is C19H21N. The van der Waals surface area contributed by atoms with Crippen molar-refractivity contribution in [2.75, 3.05) is 11.9 Å². The summed E-state index contributed by atoms with van der Waals surface area (Å²) in [6.07, 6.45) is 9.20. The summed E-state index contributed by atoms with van der Waals surface area (Å²) in [5, 5.41) is 3.45. The number of nitrogens with one attached hydrogen (secondary N) is 1. The standard InChI is InChI=1S/C19H21N/c1-3-5-6-14-20-19-12-10-17(11-13-19)18-9-7-8-16(4-2)15-18/h2,7-13,15,20H,3,5-6,14H2,1H3. The van der Waals surface area contributed by atoms with Gasteiger partial charge < -0.3 is 5.32 Å². The minimum atomic E-state index is 0.921. The van der Waals surface area contributed by atoms with Gasteiger partial charge in [-0.25, -0.2) is 0 Å². The van der Waals surface area contributed by atoms with Gasteiger partial charge in [-0.1, -0.05) is 50.0 Å². The van der Waals surface area contributed by atoms with Crippen molar-refractivity contribution in [3.05, 3.63) is 54.1 Å². The molecule has 20 heavy (non-hydrogen) atoms. The van der Waals surface area contributed by atoms with Crippen LogP contribution >= 0.6 is 0 Å². The smallest absolute Gasteiger partial charge is 0.0340 e. The molecule has 0 radical (unpaired) electrons. The highest BCUT2D eigenvalue weighted by molar-refractivity contribution is 5.67. The van der Waals surface area contributed by atoms with Gasteiger partial charge in [-0.05, 0) is 41.8 Å². The maximum absolute atomic E-state index is 5.44. The zero-order valence-corrected chi connectivity index (χ0v) is 12.0. The molecule has 2 aromatic carbocycles. The normalized spacial score (nSPS) is 10.0. The molecule has 102 valence electrons. The second-order valence-corrected chi connectivity index (χ2v) is 4.94. The summed E-state index contributed by atoms with van der Waals surface area (Å²) >= 11 is 0. The topological polar surface area (TPSA) is 12.0 Å². The molecule has 2 aromatic rings. The third-order valence-electron chi connectivity index (χ3n) is 3.36. The highest BCUT2D eigenvalue weighted by atomic mass is 14.9. The Morgan fingerprint density at radius 2 is 1.80 bits per heavy atom. The molecule has 0 amide bonds. The maximum Gasteiger partial charge on any atom is 0.0340 e. The first-order valence-electron chi connectivity index (χ1n) is 7.24. The Hall–Kier alpha value is -2.20. The summed E-state index contributed by atoms with van der Waals surface area (Å²) in [6.45, 7) is 3.26. The summed E-state index contributed by atoms with van der Waals surface area (Å²) in [5.41, 5.74) is 4.46. The predicted molar refractivity (Wildman–Crippen MR) is 87.8 cm³/mol. The molecule has 0 aromatic heterocycles. The fourth-order valence-corrected chi connectivity index (χ4v) is 2.18. The number of unbranched alkanes of at least 4 members (excludes halogenated alkanes) is 2. The number of hydrogen-bond acceptors (Lipinski definition) is 1. The summed E-state index contributed by atoms with van der Waals surface area (Å²) < 4.78 is 0. The second-order valence-electron chi connectivity index (χ2n) is 4.94. The zero-order chi connectivity index (χ0) is 14.2. The first-order valence-corrected chi connectivity index (χ1v) is 7.24. The Morgan fingerprint density at radius 3 is 2.50 bits per heavy atom. The van der Waals surface area contributed by atoms with E-state index >= 15 is 0 Å². The Balaban J connectivity index is 2.02. The van der Waals surface area contributed by atoms with E-state index in [1.165, 1.54) is 30.5 Å². The quantitative estimate of drug-likeness (QED) is 0.575. The van der Waals surface area contributed by atoms with Crippen molar-refractivity contribution in [1.29, 1.82) is 0 Å². The molecule has 0 fully saturated rings.